The van der Waals surface area contributed by atoms with Gasteiger partial charge in [-0.2, -0.15) is 5.10 Å². The summed E-state index contributed by atoms with van der Waals surface area (Å²) in [4.78, 5) is 21.6. The van der Waals surface area contributed by atoms with Crippen molar-refractivity contribution in [1.82, 2.24) is 25.1 Å². The third-order valence-corrected chi connectivity index (χ3v) is 4.27. The molecule has 3 heterocycles. The SMILES string of the molecule is Cn1ncc2c(C(=O)NCc3ccc(F)cc3)cc(-c3cccnc3)nc21. The van der Waals surface area contributed by atoms with E-state index in [1.807, 2.05) is 12.1 Å². The molecule has 3 aromatic heterocycles. The van der Waals surface area contributed by atoms with Gasteiger partial charge in [0.2, 0.25) is 0 Å². The second kappa shape index (κ2) is 6.95. The molecule has 0 unspecified atom stereocenters. The molecule has 0 saturated heterocycles. The molecular weight excluding hydrogens is 345 g/mol. The van der Waals surface area contributed by atoms with Gasteiger partial charge in [-0.05, 0) is 35.9 Å². The molecule has 0 aliphatic heterocycles. The summed E-state index contributed by atoms with van der Waals surface area (Å²) >= 11 is 0. The van der Waals surface area contributed by atoms with Crippen molar-refractivity contribution in [1.29, 1.82) is 0 Å². The van der Waals surface area contributed by atoms with E-state index < -0.39 is 0 Å². The molecule has 0 aliphatic carbocycles. The Morgan fingerprint density at radius 3 is 2.74 bits per heavy atom. The molecule has 0 bridgehead atoms. The number of pyridine rings is 2. The molecule has 134 valence electrons. The Labute approximate surface area is 154 Å². The van der Waals surface area contributed by atoms with Crippen LogP contribution in [-0.4, -0.2) is 25.7 Å². The predicted octanol–water partition coefficient (Wildman–Crippen LogP) is 3.10. The van der Waals surface area contributed by atoms with Gasteiger partial charge >= 0.3 is 0 Å². The third kappa shape index (κ3) is 3.39. The monoisotopic (exact) mass is 361 g/mol. The summed E-state index contributed by atoms with van der Waals surface area (Å²) in [5, 5.41) is 7.76. The number of rotatable bonds is 4. The molecular formula is C20H16FN5O. The first-order chi connectivity index (χ1) is 13.1. The molecule has 27 heavy (non-hydrogen) atoms. The van der Waals surface area contributed by atoms with E-state index in [9.17, 15) is 9.18 Å². The van der Waals surface area contributed by atoms with E-state index in [1.165, 1.54) is 12.1 Å². The lowest BCUT2D eigenvalue weighted by Gasteiger charge is -2.09. The van der Waals surface area contributed by atoms with Gasteiger partial charge < -0.3 is 5.32 Å². The molecule has 0 atom stereocenters. The topological polar surface area (TPSA) is 72.7 Å². The Morgan fingerprint density at radius 2 is 2.00 bits per heavy atom. The number of amides is 1. The quantitative estimate of drug-likeness (QED) is 0.606. The Hall–Kier alpha value is -3.61. The summed E-state index contributed by atoms with van der Waals surface area (Å²) in [6.07, 6.45) is 5.01. The third-order valence-electron chi connectivity index (χ3n) is 4.27. The highest BCUT2D eigenvalue weighted by Gasteiger charge is 2.16. The zero-order valence-corrected chi connectivity index (χ0v) is 14.6. The van der Waals surface area contributed by atoms with Crippen LogP contribution in [-0.2, 0) is 13.6 Å². The van der Waals surface area contributed by atoms with Crippen molar-refractivity contribution < 1.29 is 9.18 Å². The number of halogens is 1. The summed E-state index contributed by atoms with van der Waals surface area (Å²) in [6, 6.07) is 11.5. The first kappa shape index (κ1) is 16.8. The van der Waals surface area contributed by atoms with Crippen LogP contribution < -0.4 is 5.32 Å². The second-order valence-corrected chi connectivity index (χ2v) is 6.11. The smallest absolute Gasteiger partial charge is 0.252 e. The molecule has 0 radical (unpaired) electrons. The minimum atomic E-state index is -0.308. The maximum Gasteiger partial charge on any atom is 0.252 e. The molecule has 6 nitrogen and oxygen atoms in total. The number of hydrogen-bond donors (Lipinski definition) is 1. The zero-order chi connectivity index (χ0) is 18.8. The van der Waals surface area contributed by atoms with Crippen LogP contribution in [0, 0.1) is 5.82 Å². The molecule has 4 aromatic rings. The van der Waals surface area contributed by atoms with Gasteiger partial charge in [0.25, 0.3) is 5.91 Å². The first-order valence-electron chi connectivity index (χ1n) is 8.37. The lowest BCUT2D eigenvalue weighted by atomic mass is 10.1. The Balaban J connectivity index is 1.69. The van der Waals surface area contributed by atoms with Crippen LogP contribution in [0.15, 0.2) is 61.1 Å². The molecule has 1 amide bonds. The van der Waals surface area contributed by atoms with E-state index in [0.717, 1.165) is 11.1 Å². The van der Waals surface area contributed by atoms with E-state index in [1.54, 1.807) is 48.5 Å². The van der Waals surface area contributed by atoms with Crippen molar-refractivity contribution in [3.05, 3.63) is 78.0 Å². The average molecular weight is 361 g/mol. The first-order valence-corrected chi connectivity index (χ1v) is 8.37. The van der Waals surface area contributed by atoms with E-state index in [-0.39, 0.29) is 11.7 Å². The molecule has 1 N–H and O–H groups in total. The average Bonchev–Trinajstić information content (AvgIpc) is 3.08. The van der Waals surface area contributed by atoms with Crippen molar-refractivity contribution in [2.24, 2.45) is 7.05 Å². The van der Waals surface area contributed by atoms with Crippen molar-refractivity contribution in [2.45, 2.75) is 6.54 Å². The van der Waals surface area contributed by atoms with E-state index >= 15 is 0 Å². The summed E-state index contributed by atoms with van der Waals surface area (Å²) in [7, 11) is 1.78. The maximum absolute atomic E-state index is 13.0. The molecule has 1 aromatic carbocycles. The molecule has 7 heteroatoms. The Morgan fingerprint density at radius 1 is 1.19 bits per heavy atom. The van der Waals surface area contributed by atoms with Crippen LogP contribution in [0.3, 0.4) is 0 Å². The largest absolute Gasteiger partial charge is 0.348 e. The highest BCUT2D eigenvalue weighted by molar-refractivity contribution is 6.06. The number of hydrogen-bond acceptors (Lipinski definition) is 4. The fourth-order valence-corrected chi connectivity index (χ4v) is 2.84. The fourth-order valence-electron chi connectivity index (χ4n) is 2.84. The number of benzene rings is 1. The molecule has 0 spiro atoms. The van der Waals surface area contributed by atoms with Gasteiger partial charge in [-0.3, -0.25) is 14.5 Å². The van der Waals surface area contributed by atoms with Crippen LogP contribution in [0.2, 0.25) is 0 Å². The standard InChI is InChI=1S/C20H16FN5O/c1-26-19-17(12-24-26)16(9-18(25-19)14-3-2-8-22-11-14)20(27)23-10-13-4-6-15(21)7-5-13/h2-9,11-12H,10H2,1H3,(H,23,27). The number of nitrogens with zero attached hydrogens (tertiary/aromatic N) is 4. The van der Waals surface area contributed by atoms with Crippen molar-refractivity contribution in [2.75, 3.05) is 0 Å². The highest BCUT2D eigenvalue weighted by atomic mass is 19.1. The van der Waals surface area contributed by atoms with Gasteiger partial charge in [0.05, 0.1) is 22.8 Å². The minimum Gasteiger partial charge on any atom is -0.348 e. The number of aromatic nitrogens is 4. The summed E-state index contributed by atoms with van der Waals surface area (Å²) < 4.78 is 14.7. The molecule has 0 saturated carbocycles. The van der Waals surface area contributed by atoms with Gasteiger partial charge in [0.1, 0.15) is 5.82 Å². The normalized spacial score (nSPS) is 10.9. The molecule has 0 fully saturated rings. The molecule has 0 aliphatic rings. The summed E-state index contributed by atoms with van der Waals surface area (Å²) in [5.41, 5.74) is 3.37. The van der Waals surface area contributed by atoms with Gasteiger partial charge in [-0.1, -0.05) is 12.1 Å². The second-order valence-electron chi connectivity index (χ2n) is 6.11. The van der Waals surface area contributed by atoms with Crippen molar-refractivity contribution in [3.8, 4) is 11.3 Å². The fraction of sp³-hybridized carbons (Fsp3) is 0.100. The minimum absolute atomic E-state index is 0.245. The lowest BCUT2D eigenvalue weighted by molar-refractivity contribution is 0.0952. The van der Waals surface area contributed by atoms with Crippen LogP contribution in [0.1, 0.15) is 15.9 Å². The van der Waals surface area contributed by atoms with Gasteiger partial charge in [0.15, 0.2) is 5.65 Å². The van der Waals surface area contributed by atoms with Crippen molar-refractivity contribution in [3.63, 3.8) is 0 Å². The Bertz CT molecular complexity index is 1110. The number of carbonyl (C=O) groups excluding carboxylic acids is 1. The van der Waals surface area contributed by atoms with E-state index in [0.29, 0.717) is 28.8 Å². The van der Waals surface area contributed by atoms with Gasteiger partial charge in [-0.25, -0.2) is 9.37 Å². The predicted molar refractivity (Wildman–Crippen MR) is 99.3 cm³/mol. The van der Waals surface area contributed by atoms with E-state index in [4.69, 9.17) is 0 Å². The van der Waals surface area contributed by atoms with Gasteiger partial charge in [0, 0.05) is 31.5 Å². The van der Waals surface area contributed by atoms with Crippen LogP contribution in [0.5, 0.6) is 0 Å². The van der Waals surface area contributed by atoms with Crippen LogP contribution in [0.4, 0.5) is 4.39 Å². The molecule has 4 rings (SSSR count). The van der Waals surface area contributed by atoms with Gasteiger partial charge in [-0.15, -0.1) is 0 Å². The summed E-state index contributed by atoms with van der Waals surface area (Å²) in [5.74, 6) is -0.553. The van der Waals surface area contributed by atoms with Crippen LogP contribution in [0.25, 0.3) is 22.3 Å². The van der Waals surface area contributed by atoms with E-state index in [2.05, 4.69) is 20.4 Å². The highest BCUT2D eigenvalue weighted by Crippen LogP contribution is 2.24. The zero-order valence-electron chi connectivity index (χ0n) is 14.6. The number of carbonyl (C=O) groups is 1. The Kier molecular flexibility index (Phi) is 4.33. The maximum atomic E-state index is 13.0. The number of fused-ring (bicyclic) bond motifs is 1. The lowest BCUT2D eigenvalue weighted by Crippen LogP contribution is -2.23. The summed E-state index contributed by atoms with van der Waals surface area (Å²) in [6.45, 7) is 0.297. The van der Waals surface area contributed by atoms with Crippen LogP contribution >= 0.6 is 0 Å². The van der Waals surface area contributed by atoms with Crippen molar-refractivity contribution >= 4 is 16.9 Å². The number of aryl methyl sites for hydroxylation is 1. The number of nitrogens with one attached hydrogen (secondary N) is 1.